The third kappa shape index (κ3) is 9.33. The first-order chi connectivity index (χ1) is 14.6. The Morgan fingerprint density at radius 1 is 1.09 bits per heavy atom. The summed E-state index contributed by atoms with van der Waals surface area (Å²) in [6.07, 6.45) is -4.01. The molecular formula is C23H36N2O7. The molecular weight excluding hydrogens is 416 g/mol. The normalized spacial score (nSPS) is 17.4. The van der Waals surface area contributed by atoms with Crippen LogP contribution in [0.25, 0.3) is 0 Å². The summed E-state index contributed by atoms with van der Waals surface area (Å²) >= 11 is 0. The number of amides is 2. The number of alkyl carbamates (subject to hydrolysis) is 1. The Balaban J connectivity index is 2.94. The first kappa shape index (κ1) is 27.5. The molecule has 0 radical (unpaired) electrons. The third-order valence-electron chi connectivity index (χ3n) is 5.01. The number of aliphatic hydroxyl groups excluding tert-OH is 2. The van der Waals surface area contributed by atoms with E-state index >= 15 is 0 Å². The lowest BCUT2D eigenvalue weighted by atomic mass is 9.84. The fourth-order valence-corrected chi connectivity index (χ4v) is 3.18. The highest BCUT2D eigenvalue weighted by atomic mass is 16.6. The molecule has 1 aromatic rings. The van der Waals surface area contributed by atoms with E-state index in [0.29, 0.717) is 0 Å². The second-order valence-electron chi connectivity index (χ2n) is 9.44. The number of hydrogen-bond acceptors (Lipinski definition) is 7. The van der Waals surface area contributed by atoms with Crippen LogP contribution in [0.15, 0.2) is 30.3 Å². The molecule has 0 bridgehead atoms. The van der Waals surface area contributed by atoms with Gasteiger partial charge in [-0.25, -0.2) is 4.79 Å². The van der Waals surface area contributed by atoms with E-state index in [1.165, 1.54) is 13.8 Å². The van der Waals surface area contributed by atoms with Crippen LogP contribution in [0, 0.1) is 5.92 Å². The molecule has 180 valence electrons. The summed E-state index contributed by atoms with van der Waals surface area (Å²) in [6, 6.07) is 8.27. The Morgan fingerprint density at radius 3 is 2.16 bits per heavy atom. The predicted molar refractivity (Wildman–Crippen MR) is 119 cm³/mol. The molecule has 9 nitrogen and oxygen atoms in total. The van der Waals surface area contributed by atoms with Crippen molar-refractivity contribution in [3.05, 3.63) is 35.9 Å². The molecule has 1 rings (SSSR count). The van der Waals surface area contributed by atoms with E-state index in [0.717, 1.165) is 5.56 Å². The summed E-state index contributed by atoms with van der Waals surface area (Å²) in [6.45, 7) is 7.83. The van der Waals surface area contributed by atoms with Crippen molar-refractivity contribution in [1.82, 2.24) is 5.32 Å². The highest BCUT2D eigenvalue weighted by molar-refractivity contribution is 5.88. The minimum Gasteiger partial charge on any atom is -0.444 e. The van der Waals surface area contributed by atoms with Gasteiger partial charge in [0, 0.05) is 12.8 Å². The van der Waals surface area contributed by atoms with Crippen molar-refractivity contribution >= 4 is 17.8 Å². The zero-order valence-corrected chi connectivity index (χ0v) is 19.4. The lowest BCUT2D eigenvalue weighted by Gasteiger charge is -2.31. The SMILES string of the molecule is CC(CC(=O)[C@](C)(O)C[C@@H](O)[C@@H](Cc1ccccc1)NC(=O)OC(C)(C)C)[C@H](O)C(N)=O. The molecule has 6 N–H and O–H groups in total. The number of benzene rings is 1. The molecule has 0 aromatic heterocycles. The number of hydrogen-bond donors (Lipinski definition) is 5. The number of nitrogens with one attached hydrogen (secondary N) is 1. The quantitative estimate of drug-likeness (QED) is 0.336. The zero-order valence-electron chi connectivity index (χ0n) is 19.4. The maximum absolute atomic E-state index is 12.6. The predicted octanol–water partition coefficient (Wildman–Crippen LogP) is 1.07. The average Bonchev–Trinajstić information content (AvgIpc) is 2.65. The summed E-state index contributed by atoms with van der Waals surface area (Å²) < 4.78 is 5.27. The number of carbonyl (C=O) groups is 3. The van der Waals surface area contributed by atoms with E-state index in [-0.39, 0.29) is 19.3 Å². The van der Waals surface area contributed by atoms with E-state index < -0.39 is 53.2 Å². The minimum atomic E-state index is -1.96. The van der Waals surface area contributed by atoms with Crippen molar-refractivity contribution in [2.45, 2.75) is 83.3 Å². The molecule has 0 aliphatic heterocycles. The van der Waals surface area contributed by atoms with Crippen molar-refractivity contribution in [2.75, 3.05) is 0 Å². The van der Waals surface area contributed by atoms with E-state index in [1.807, 2.05) is 30.3 Å². The molecule has 0 aliphatic rings. The Hall–Kier alpha value is -2.49. The molecule has 1 unspecified atom stereocenters. The highest BCUT2D eigenvalue weighted by Gasteiger charge is 2.38. The van der Waals surface area contributed by atoms with Crippen LogP contribution in [0.5, 0.6) is 0 Å². The van der Waals surface area contributed by atoms with Crippen molar-refractivity contribution in [3.8, 4) is 0 Å². The molecule has 0 heterocycles. The lowest BCUT2D eigenvalue weighted by molar-refractivity contribution is -0.142. The number of ether oxygens (including phenoxy) is 1. The monoisotopic (exact) mass is 452 g/mol. The first-order valence-corrected chi connectivity index (χ1v) is 10.6. The largest absolute Gasteiger partial charge is 0.444 e. The van der Waals surface area contributed by atoms with Crippen LogP contribution < -0.4 is 11.1 Å². The lowest BCUT2D eigenvalue weighted by Crippen LogP contribution is -2.51. The van der Waals surface area contributed by atoms with Crippen LogP contribution in [-0.2, 0) is 20.7 Å². The molecule has 0 saturated heterocycles. The van der Waals surface area contributed by atoms with Gasteiger partial charge in [0.1, 0.15) is 17.3 Å². The number of aliphatic hydroxyl groups is 3. The number of rotatable bonds is 11. The van der Waals surface area contributed by atoms with Gasteiger partial charge in [-0.1, -0.05) is 37.3 Å². The molecule has 0 aliphatic carbocycles. The maximum atomic E-state index is 12.6. The fourth-order valence-electron chi connectivity index (χ4n) is 3.18. The van der Waals surface area contributed by atoms with Gasteiger partial charge < -0.3 is 31.1 Å². The smallest absolute Gasteiger partial charge is 0.407 e. The fraction of sp³-hybridized carbons (Fsp3) is 0.609. The second-order valence-corrected chi connectivity index (χ2v) is 9.44. The van der Waals surface area contributed by atoms with Crippen molar-refractivity contribution < 1.29 is 34.4 Å². The van der Waals surface area contributed by atoms with Gasteiger partial charge in [0.2, 0.25) is 5.91 Å². The Kier molecular flexibility index (Phi) is 9.81. The van der Waals surface area contributed by atoms with Gasteiger partial charge in [-0.3, -0.25) is 9.59 Å². The Morgan fingerprint density at radius 2 is 1.66 bits per heavy atom. The average molecular weight is 453 g/mol. The van der Waals surface area contributed by atoms with E-state index in [2.05, 4.69) is 5.32 Å². The van der Waals surface area contributed by atoms with Gasteiger partial charge in [-0.15, -0.1) is 0 Å². The van der Waals surface area contributed by atoms with Crippen molar-refractivity contribution in [1.29, 1.82) is 0 Å². The molecule has 2 amide bonds. The van der Waals surface area contributed by atoms with Gasteiger partial charge in [-0.2, -0.15) is 0 Å². The summed E-state index contributed by atoms with van der Waals surface area (Å²) in [5.41, 5.74) is 3.17. The second kappa shape index (κ2) is 11.4. The van der Waals surface area contributed by atoms with Crippen LogP contribution >= 0.6 is 0 Å². The molecule has 0 fully saturated rings. The van der Waals surface area contributed by atoms with Crippen LogP contribution in [0.1, 0.15) is 53.0 Å². The van der Waals surface area contributed by atoms with Gasteiger partial charge in [-0.05, 0) is 45.6 Å². The van der Waals surface area contributed by atoms with Crippen LogP contribution in [0.4, 0.5) is 4.79 Å². The van der Waals surface area contributed by atoms with Crippen LogP contribution in [0.3, 0.4) is 0 Å². The molecule has 9 heteroatoms. The first-order valence-electron chi connectivity index (χ1n) is 10.6. The number of ketones is 1. The number of nitrogens with two attached hydrogens (primary N) is 1. The van der Waals surface area contributed by atoms with Gasteiger partial charge in [0.05, 0.1) is 12.1 Å². The van der Waals surface area contributed by atoms with Crippen LogP contribution in [0.2, 0.25) is 0 Å². The molecule has 32 heavy (non-hydrogen) atoms. The maximum Gasteiger partial charge on any atom is 0.407 e. The molecule has 0 saturated carbocycles. The topological polar surface area (TPSA) is 159 Å². The van der Waals surface area contributed by atoms with Crippen LogP contribution in [-0.4, -0.2) is 62.6 Å². The van der Waals surface area contributed by atoms with Crippen molar-refractivity contribution in [3.63, 3.8) is 0 Å². The number of Topliss-reactive ketones (excluding diaryl/α,β-unsaturated/α-hetero) is 1. The molecule has 0 spiro atoms. The van der Waals surface area contributed by atoms with Gasteiger partial charge >= 0.3 is 6.09 Å². The zero-order chi connectivity index (χ0) is 24.7. The van der Waals surface area contributed by atoms with Gasteiger partial charge in [0.15, 0.2) is 5.78 Å². The molecule has 5 atom stereocenters. The third-order valence-corrected chi connectivity index (χ3v) is 5.01. The Bertz CT molecular complexity index is 774. The van der Waals surface area contributed by atoms with Gasteiger partial charge in [0.25, 0.3) is 0 Å². The summed E-state index contributed by atoms with van der Waals surface area (Å²) in [7, 11) is 0. The van der Waals surface area contributed by atoms with E-state index in [4.69, 9.17) is 10.5 Å². The number of primary amides is 1. The van der Waals surface area contributed by atoms with E-state index in [9.17, 15) is 29.7 Å². The Labute approximate surface area is 189 Å². The summed E-state index contributed by atoms with van der Waals surface area (Å²) in [5, 5.41) is 33.9. The highest BCUT2D eigenvalue weighted by Crippen LogP contribution is 2.22. The number of carbonyl (C=O) groups excluding carboxylic acids is 3. The van der Waals surface area contributed by atoms with Crippen molar-refractivity contribution in [2.24, 2.45) is 11.7 Å². The summed E-state index contributed by atoms with van der Waals surface area (Å²) in [5.74, 6) is -2.43. The van der Waals surface area contributed by atoms with E-state index in [1.54, 1.807) is 20.8 Å². The standard InChI is InChI=1S/C23H36N2O7/c1-14(19(28)20(24)29)11-18(27)23(5,31)13-17(26)16(12-15-9-7-6-8-10-15)25-21(30)32-22(2,3)4/h6-10,14,16-17,19,26,28,31H,11-13H2,1-5H3,(H2,24,29)(H,25,30)/t14?,16-,17-,19+,23-/m1/s1. The summed E-state index contributed by atoms with van der Waals surface area (Å²) in [4.78, 5) is 36.0. The molecule has 1 aromatic carbocycles. The minimum absolute atomic E-state index is 0.238.